The number of aryl methyl sites for hydroxylation is 1. The topological polar surface area (TPSA) is 65.1 Å². The van der Waals surface area contributed by atoms with Gasteiger partial charge in [-0.3, -0.25) is 10.5 Å². The van der Waals surface area contributed by atoms with Gasteiger partial charge < -0.3 is 4.74 Å². The molecule has 1 aromatic carbocycles. The second-order valence-corrected chi connectivity index (χ2v) is 4.28. The van der Waals surface area contributed by atoms with Crippen LogP contribution in [0.3, 0.4) is 0 Å². The van der Waals surface area contributed by atoms with Gasteiger partial charge in [0.15, 0.2) is 0 Å². The third kappa shape index (κ3) is 2.33. The lowest BCUT2D eigenvalue weighted by atomic mass is 10.0. The molecular weight excluding hydrogens is 252 g/mol. The number of aromatic nitrogens is 2. The summed E-state index contributed by atoms with van der Waals surface area (Å²) in [6.45, 7) is 0. The maximum Gasteiger partial charge on any atom is 0.137 e. The lowest BCUT2D eigenvalue weighted by Crippen LogP contribution is -2.30. The van der Waals surface area contributed by atoms with Gasteiger partial charge >= 0.3 is 0 Å². The molecule has 1 heterocycles. The number of nitrogens with two attached hydrogens (primary N) is 1. The fourth-order valence-electron chi connectivity index (χ4n) is 1.88. The molecule has 3 N–H and O–H groups in total. The molecule has 0 radical (unpaired) electrons. The molecule has 2 rings (SSSR count). The maximum absolute atomic E-state index is 6.01. The quantitative estimate of drug-likeness (QED) is 0.652. The van der Waals surface area contributed by atoms with Crippen molar-refractivity contribution in [3.05, 3.63) is 46.7 Å². The van der Waals surface area contributed by atoms with Crippen molar-refractivity contribution < 1.29 is 4.74 Å². The van der Waals surface area contributed by atoms with Crippen molar-refractivity contribution >= 4 is 11.6 Å². The molecule has 1 atom stereocenters. The minimum absolute atomic E-state index is 0.163. The molecule has 2 aromatic rings. The number of rotatable bonds is 4. The van der Waals surface area contributed by atoms with Crippen molar-refractivity contribution in [2.45, 2.75) is 6.04 Å². The van der Waals surface area contributed by atoms with Crippen LogP contribution < -0.4 is 16.0 Å². The minimum Gasteiger partial charge on any atom is -0.495 e. The van der Waals surface area contributed by atoms with E-state index in [9.17, 15) is 0 Å². The summed E-state index contributed by atoms with van der Waals surface area (Å²) < 4.78 is 6.97. The van der Waals surface area contributed by atoms with Crippen LogP contribution in [-0.4, -0.2) is 16.9 Å². The average Bonchev–Trinajstić information content (AvgIpc) is 2.79. The van der Waals surface area contributed by atoms with Crippen LogP contribution in [0.25, 0.3) is 0 Å². The lowest BCUT2D eigenvalue weighted by Gasteiger charge is -2.17. The first kappa shape index (κ1) is 12.9. The molecule has 0 saturated heterocycles. The van der Waals surface area contributed by atoms with Gasteiger partial charge in [-0.15, -0.1) is 0 Å². The molecule has 0 aliphatic rings. The standard InChI is InChI=1S/C12H15ClN4O/c1-17-10(5-6-15-17)12(16-14)8-3-4-9(13)11(7-8)18-2/h3-7,12,16H,14H2,1-2H3. The summed E-state index contributed by atoms with van der Waals surface area (Å²) in [6, 6.07) is 7.30. The van der Waals surface area contributed by atoms with Crippen LogP contribution in [0.1, 0.15) is 17.3 Å². The summed E-state index contributed by atoms with van der Waals surface area (Å²) >= 11 is 6.01. The predicted molar refractivity (Wildman–Crippen MR) is 70.4 cm³/mol. The number of methoxy groups -OCH3 is 1. The molecule has 1 unspecified atom stereocenters. The fourth-order valence-corrected chi connectivity index (χ4v) is 2.07. The van der Waals surface area contributed by atoms with Gasteiger partial charge in [0.25, 0.3) is 0 Å². The van der Waals surface area contributed by atoms with E-state index in [1.165, 1.54) is 0 Å². The minimum atomic E-state index is -0.163. The van der Waals surface area contributed by atoms with Crippen molar-refractivity contribution in [2.24, 2.45) is 12.9 Å². The van der Waals surface area contributed by atoms with Gasteiger partial charge in [-0.2, -0.15) is 5.10 Å². The molecule has 0 fully saturated rings. The van der Waals surface area contributed by atoms with E-state index in [-0.39, 0.29) is 6.04 Å². The van der Waals surface area contributed by atoms with Crippen molar-refractivity contribution in [2.75, 3.05) is 7.11 Å². The molecule has 18 heavy (non-hydrogen) atoms. The molecule has 0 spiro atoms. The average molecular weight is 267 g/mol. The largest absolute Gasteiger partial charge is 0.495 e. The second kappa shape index (κ2) is 5.39. The zero-order chi connectivity index (χ0) is 13.1. The Kier molecular flexibility index (Phi) is 3.86. The number of halogens is 1. The van der Waals surface area contributed by atoms with Gasteiger partial charge in [-0.1, -0.05) is 17.7 Å². The summed E-state index contributed by atoms with van der Waals surface area (Å²) in [4.78, 5) is 0. The Labute approximate surface area is 110 Å². The summed E-state index contributed by atoms with van der Waals surface area (Å²) in [5.41, 5.74) is 4.69. The molecule has 0 saturated carbocycles. The van der Waals surface area contributed by atoms with E-state index in [1.807, 2.05) is 25.2 Å². The molecule has 6 heteroatoms. The van der Waals surface area contributed by atoms with Crippen LogP contribution in [0, 0.1) is 0 Å². The Hall–Kier alpha value is -1.56. The van der Waals surface area contributed by atoms with Crippen molar-refractivity contribution in [3.63, 3.8) is 0 Å². The number of nitrogens with one attached hydrogen (secondary N) is 1. The Morgan fingerprint density at radius 1 is 1.44 bits per heavy atom. The second-order valence-electron chi connectivity index (χ2n) is 3.87. The summed E-state index contributed by atoms with van der Waals surface area (Å²) in [5, 5.41) is 4.71. The normalized spacial score (nSPS) is 12.4. The maximum atomic E-state index is 6.01. The van der Waals surface area contributed by atoms with Crippen LogP contribution in [0.2, 0.25) is 5.02 Å². The Balaban J connectivity index is 2.42. The van der Waals surface area contributed by atoms with Crippen LogP contribution in [0.15, 0.2) is 30.5 Å². The zero-order valence-electron chi connectivity index (χ0n) is 10.2. The molecule has 0 aliphatic heterocycles. The van der Waals surface area contributed by atoms with Crippen molar-refractivity contribution in [3.8, 4) is 5.75 Å². The first-order valence-corrected chi connectivity index (χ1v) is 5.82. The van der Waals surface area contributed by atoms with E-state index in [0.717, 1.165) is 11.3 Å². The lowest BCUT2D eigenvalue weighted by molar-refractivity contribution is 0.413. The summed E-state index contributed by atoms with van der Waals surface area (Å²) in [6.07, 6.45) is 1.73. The molecule has 5 nitrogen and oxygen atoms in total. The van der Waals surface area contributed by atoms with Crippen LogP contribution in [-0.2, 0) is 7.05 Å². The van der Waals surface area contributed by atoms with Crippen molar-refractivity contribution in [1.29, 1.82) is 0 Å². The highest BCUT2D eigenvalue weighted by molar-refractivity contribution is 6.32. The molecular formula is C12H15ClN4O. The molecule has 96 valence electrons. The van der Waals surface area contributed by atoms with E-state index in [2.05, 4.69) is 10.5 Å². The van der Waals surface area contributed by atoms with Gasteiger partial charge in [0.05, 0.1) is 23.9 Å². The number of hydrazine groups is 1. The number of ether oxygens (including phenoxy) is 1. The van der Waals surface area contributed by atoms with Gasteiger partial charge in [0.2, 0.25) is 0 Å². The predicted octanol–water partition coefficient (Wildman–Crippen LogP) is 1.63. The third-order valence-corrected chi connectivity index (χ3v) is 3.14. The van der Waals surface area contributed by atoms with Crippen LogP contribution in [0.5, 0.6) is 5.75 Å². The number of hydrogen-bond donors (Lipinski definition) is 2. The van der Waals surface area contributed by atoms with Crippen molar-refractivity contribution in [1.82, 2.24) is 15.2 Å². The fraction of sp³-hybridized carbons (Fsp3) is 0.250. The Bertz CT molecular complexity index is 541. The monoisotopic (exact) mass is 266 g/mol. The highest BCUT2D eigenvalue weighted by Gasteiger charge is 2.17. The third-order valence-electron chi connectivity index (χ3n) is 2.83. The number of benzene rings is 1. The highest BCUT2D eigenvalue weighted by Crippen LogP contribution is 2.29. The molecule has 0 bridgehead atoms. The molecule has 0 aliphatic carbocycles. The smallest absolute Gasteiger partial charge is 0.137 e. The van der Waals surface area contributed by atoms with Gasteiger partial charge in [-0.05, 0) is 23.8 Å². The van der Waals surface area contributed by atoms with Crippen LogP contribution >= 0.6 is 11.6 Å². The highest BCUT2D eigenvalue weighted by atomic mass is 35.5. The zero-order valence-corrected chi connectivity index (χ0v) is 11.0. The van der Waals surface area contributed by atoms with E-state index in [0.29, 0.717) is 10.8 Å². The number of nitrogens with zero attached hydrogens (tertiary/aromatic N) is 2. The number of hydrogen-bond acceptors (Lipinski definition) is 4. The summed E-state index contributed by atoms with van der Waals surface area (Å²) in [7, 11) is 3.45. The molecule has 0 amide bonds. The van der Waals surface area contributed by atoms with E-state index in [1.54, 1.807) is 24.1 Å². The van der Waals surface area contributed by atoms with Gasteiger partial charge in [0.1, 0.15) is 5.75 Å². The van der Waals surface area contributed by atoms with Gasteiger partial charge in [0, 0.05) is 13.2 Å². The first-order chi connectivity index (χ1) is 8.67. The van der Waals surface area contributed by atoms with E-state index < -0.39 is 0 Å². The van der Waals surface area contributed by atoms with E-state index in [4.69, 9.17) is 22.2 Å². The first-order valence-electron chi connectivity index (χ1n) is 5.45. The molecule has 1 aromatic heterocycles. The Morgan fingerprint density at radius 2 is 2.22 bits per heavy atom. The van der Waals surface area contributed by atoms with E-state index >= 15 is 0 Å². The Morgan fingerprint density at radius 3 is 2.78 bits per heavy atom. The SMILES string of the molecule is COc1cc(C(NN)c2ccnn2C)ccc1Cl. The van der Waals surface area contributed by atoms with Crippen LogP contribution in [0.4, 0.5) is 0 Å². The van der Waals surface area contributed by atoms with Gasteiger partial charge in [-0.25, -0.2) is 5.43 Å². The summed E-state index contributed by atoms with van der Waals surface area (Å²) in [5.74, 6) is 6.25.